The fourth-order valence-corrected chi connectivity index (χ4v) is 2.02. The lowest BCUT2D eigenvalue weighted by atomic mass is 9.87. The SMILES string of the molecule is CCC(Cc1ccc(N=C=S)cc1)C(C)C. The van der Waals surface area contributed by atoms with Crippen molar-refractivity contribution >= 4 is 23.1 Å². The van der Waals surface area contributed by atoms with Gasteiger partial charge in [-0.1, -0.05) is 39.3 Å². The zero-order valence-corrected chi connectivity index (χ0v) is 11.1. The summed E-state index contributed by atoms with van der Waals surface area (Å²) in [5.41, 5.74) is 2.26. The van der Waals surface area contributed by atoms with E-state index in [1.54, 1.807) is 0 Å². The van der Waals surface area contributed by atoms with Crippen LogP contribution in [0.1, 0.15) is 32.8 Å². The second kappa shape index (κ2) is 6.57. The zero-order valence-electron chi connectivity index (χ0n) is 10.2. The van der Waals surface area contributed by atoms with E-state index >= 15 is 0 Å². The fourth-order valence-electron chi connectivity index (χ4n) is 1.91. The van der Waals surface area contributed by atoms with Crippen molar-refractivity contribution < 1.29 is 0 Å². The van der Waals surface area contributed by atoms with Crippen LogP contribution >= 0.6 is 12.2 Å². The quantitative estimate of drug-likeness (QED) is 0.533. The van der Waals surface area contributed by atoms with Crippen molar-refractivity contribution in [1.29, 1.82) is 0 Å². The van der Waals surface area contributed by atoms with Crippen LogP contribution < -0.4 is 0 Å². The first-order valence-electron chi connectivity index (χ1n) is 5.84. The van der Waals surface area contributed by atoms with Crippen molar-refractivity contribution in [3.63, 3.8) is 0 Å². The molecular weight excluding hydrogens is 214 g/mol. The highest BCUT2D eigenvalue weighted by Crippen LogP contribution is 2.21. The lowest BCUT2D eigenvalue weighted by molar-refractivity contribution is 0.371. The minimum atomic E-state index is 0.740. The molecule has 1 aromatic carbocycles. The average molecular weight is 233 g/mol. The highest BCUT2D eigenvalue weighted by atomic mass is 32.1. The summed E-state index contributed by atoms with van der Waals surface area (Å²) in [6, 6.07) is 8.27. The molecule has 1 aromatic rings. The van der Waals surface area contributed by atoms with Gasteiger partial charge in [-0.25, -0.2) is 0 Å². The van der Waals surface area contributed by atoms with Crippen molar-refractivity contribution in [1.82, 2.24) is 0 Å². The van der Waals surface area contributed by atoms with Crippen LogP contribution in [-0.2, 0) is 6.42 Å². The van der Waals surface area contributed by atoms with Crippen LogP contribution in [0.3, 0.4) is 0 Å². The van der Waals surface area contributed by atoms with Gasteiger partial charge in [0.1, 0.15) is 0 Å². The second-order valence-electron chi connectivity index (χ2n) is 4.49. The van der Waals surface area contributed by atoms with Gasteiger partial charge in [-0.05, 0) is 48.2 Å². The summed E-state index contributed by atoms with van der Waals surface area (Å²) in [4.78, 5) is 3.95. The molecule has 0 aliphatic carbocycles. The Morgan fingerprint density at radius 3 is 2.31 bits per heavy atom. The van der Waals surface area contributed by atoms with Gasteiger partial charge in [-0.2, -0.15) is 4.99 Å². The molecule has 0 amide bonds. The van der Waals surface area contributed by atoms with Gasteiger partial charge in [0.05, 0.1) is 10.8 Å². The molecule has 0 aliphatic rings. The Labute approximate surface area is 104 Å². The van der Waals surface area contributed by atoms with Crippen molar-refractivity contribution in [2.75, 3.05) is 0 Å². The van der Waals surface area contributed by atoms with Crippen molar-refractivity contribution in [2.45, 2.75) is 33.6 Å². The molecule has 0 heterocycles. The summed E-state index contributed by atoms with van der Waals surface area (Å²) in [6.07, 6.45) is 2.38. The Bertz CT molecular complexity index is 361. The van der Waals surface area contributed by atoms with Crippen LogP contribution in [-0.4, -0.2) is 5.16 Å². The summed E-state index contributed by atoms with van der Waals surface area (Å²) in [5.74, 6) is 1.50. The number of hydrogen-bond acceptors (Lipinski definition) is 2. The fraction of sp³-hybridized carbons (Fsp3) is 0.500. The van der Waals surface area contributed by atoms with Gasteiger partial charge in [0.25, 0.3) is 0 Å². The minimum absolute atomic E-state index is 0.740. The largest absolute Gasteiger partial charge is 0.195 e. The molecule has 2 heteroatoms. The van der Waals surface area contributed by atoms with E-state index in [0.29, 0.717) is 0 Å². The average Bonchev–Trinajstić information content (AvgIpc) is 2.28. The Hall–Kier alpha value is -0.980. The number of nitrogens with zero attached hydrogens (tertiary/aromatic N) is 1. The van der Waals surface area contributed by atoms with Crippen LogP contribution in [0, 0.1) is 11.8 Å². The Morgan fingerprint density at radius 1 is 1.25 bits per heavy atom. The van der Waals surface area contributed by atoms with E-state index < -0.39 is 0 Å². The first kappa shape index (κ1) is 13.1. The molecule has 0 bridgehead atoms. The van der Waals surface area contributed by atoms with Gasteiger partial charge in [0, 0.05) is 0 Å². The molecule has 0 aliphatic heterocycles. The number of isothiocyanates is 1. The maximum atomic E-state index is 4.57. The van der Waals surface area contributed by atoms with Crippen LogP contribution in [0.4, 0.5) is 5.69 Å². The van der Waals surface area contributed by atoms with Crippen LogP contribution in [0.25, 0.3) is 0 Å². The number of benzene rings is 1. The molecule has 0 radical (unpaired) electrons. The molecule has 1 atom stereocenters. The maximum Gasteiger partial charge on any atom is 0.0739 e. The third kappa shape index (κ3) is 3.88. The predicted octanol–water partition coefficient (Wildman–Crippen LogP) is 4.65. The van der Waals surface area contributed by atoms with E-state index in [-0.39, 0.29) is 0 Å². The van der Waals surface area contributed by atoms with E-state index in [1.165, 1.54) is 12.0 Å². The third-order valence-electron chi connectivity index (χ3n) is 3.08. The van der Waals surface area contributed by atoms with Gasteiger partial charge in [0.15, 0.2) is 0 Å². The summed E-state index contributed by atoms with van der Waals surface area (Å²) < 4.78 is 0. The van der Waals surface area contributed by atoms with Gasteiger partial charge < -0.3 is 0 Å². The molecule has 0 fully saturated rings. The number of thiocarbonyl (C=S) groups is 1. The first-order chi connectivity index (χ1) is 7.67. The van der Waals surface area contributed by atoms with E-state index in [1.807, 2.05) is 12.1 Å². The van der Waals surface area contributed by atoms with Crippen LogP contribution in [0.2, 0.25) is 0 Å². The molecule has 0 saturated heterocycles. The lowest BCUT2D eigenvalue weighted by Gasteiger charge is -2.18. The van der Waals surface area contributed by atoms with Gasteiger partial charge in [-0.3, -0.25) is 0 Å². The number of aliphatic imine (C=N–C) groups is 1. The van der Waals surface area contributed by atoms with E-state index in [9.17, 15) is 0 Å². The topological polar surface area (TPSA) is 12.4 Å². The van der Waals surface area contributed by atoms with Crippen LogP contribution in [0.5, 0.6) is 0 Å². The standard InChI is InChI=1S/C14H19NS/c1-4-13(11(2)3)9-12-5-7-14(8-6-12)15-10-16/h5-8,11,13H,4,9H2,1-3H3. The molecule has 1 nitrogen and oxygen atoms in total. The predicted molar refractivity (Wildman–Crippen MR) is 73.5 cm³/mol. The Kier molecular flexibility index (Phi) is 5.37. The van der Waals surface area contributed by atoms with E-state index in [0.717, 1.165) is 23.9 Å². The molecule has 1 unspecified atom stereocenters. The van der Waals surface area contributed by atoms with E-state index in [4.69, 9.17) is 0 Å². The number of rotatable bonds is 5. The Balaban J connectivity index is 2.70. The number of hydrogen-bond donors (Lipinski definition) is 0. The summed E-state index contributed by atoms with van der Waals surface area (Å²) >= 11 is 4.57. The van der Waals surface area contributed by atoms with Gasteiger partial charge in [0.2, 0.25) is 0 Å². The normalized spacial score (nSPS) is 12.2. The lowest BCUT2D eigenvalue weighted by Crippen LogP contribution is -2.10. The molecule has 0 N–H and O–H groups in total. The van der Waals surface area contributed by atoms with Crippen LogP contribution in [0.15, 0.2) is 29.3 Å². The third-order valence-corrected chi connectivity index (χ3v) is 3.17. The molecule has 1 rings (SSSR count). The molecule has 0 spiro atoms. The smallest absolute Gasteiger partial charge is 0.0739 e. The van der Waals surface area contributed by atoms with Crippen molar-refractivity contribution in [3.8, 4) is 0 Å². The summed E-state index contributed by atoms with van der Waals surface area (Å²) in [5, 5.41) is 2.38. The highest BCUT2D eigenvalue weighted by molar-refractivity contribution is 7.78. The summed E-state index contributed by atoms with van der Waals surface area (Å²) in [7, 11) is 0. The summed E-state index contributed by atoms with van der Waals surface area (Å²) in [6.45, 7) is 6.84. The molecule has 0 aromatic heterocycles. The van der Waals surface area contributed by atoms with Crippen molar-refractivity contribution in [2.24, 2.45) is 16.8 Å². The first-order valence-corrected chi connectivity index (χ1v) is 6.25. The molecular formula is C14H19NS. The second-order valence-corrected chi connectivity index (χ2v) is 4.67. The highest BCUT2D eigenvalue weighted by Gasteiger charge is 2.11. The molecule has 16 heavy (non-hydrogen) atoms. The van der Waals surface area contributed by atoms with Gasteiger partial charge >= 0.3 is 0 Å². The Morgan fingerprint density at radius 2 is 1.88 bits per heavy atom. The molecule has 0 saturated carbocycles. The zero-order chi connectivity index (χ0) is 12.0. The minimum Gasteiger partial charge on any atom is -0.195 e. The van der Waals surface area contributed by atoms with Gasteiger partial charge in [-0.15, -0.1) is 0 Å². The molecule has 86 valence electrons. The van der Waals surface area contributed by atoms with E-state index in [2.05, 4.69) is 55.3 Å². The van der Waals surface area contributed by atoms with Crippen molar-refractivity contribution in [3.05, 3.63) is 29.8 Å². The monoisotopic (exact) mass is 233 g/mol. The maximum absolute atomic E-state index is 4.57.